The molecule has 3 rings (SSSR count). The molecule has 3 nitrogen and oxygen atoms in total. The van der Waals surface area contributed by atoms with Crippen LogP contribution in [0.1, 0.15) is 22.0 Å². The van der Waals surface area contributed by atoms with Gasteiger partial charge in [-0.25, -0.2) is 0 Å². The Morgan fingerprint density at radius 2 is 1.84 bits per heavy atom. The Morgan fingerprint density at radius 3 is 2.36 bits per heavy atom. The number of rotatable bonds is 4. The number of ether oxygens (including phenoxy) is 1. The van der Waals surface area contributed by atoms with Gasteiger partial charge in [-0.2, -0.15) is 0 Å². The maximum absolute atomic E-state index is 12.4. The Morgan fingerprint density at radius 1 is 1.20 bits per heavy atom. The van der Waals surface area contributed by atoms with Crippen molar-refractivity contribution in [1.29, 1.82) is 0 Å². The highest BCUT2D eigenvalue weighted by molar-refractivity contribution is 9.11. The van der Waals surface area contributed by atoms with Gasteiger partial charge in [0.25, 0.3) is 0 Å². The standard InChI is InChI=1S/C17H18BrF3N2OS/c1-11-10-14(25-16(11)18)15(23-8-6-22-7-9-23)12-2-4-13(5-3-12)24-17(19,20)21/h2-5,10,15,22H,6-9H2,1H3/t15-/m1/s1. The van der Waals surface area contributed by atoms with Crippen LogP contribution >= 0.6 is 27.3 Å². The zero-order chi connectivity index (χ0) is 18.0. The van der Waals surface area contributed by atoms with Crippen LogP contribution in [0.3, 0.4) is 0 Å². The molecular formula is C17H18BrF3N2OS. The van der Waals surface area contributed by atoms with Gasteiger partial charge in [-0.1, -0.05) is 12.1 Å². The number of hydrogen-bond donors (Lipinski definition) is 1. The minimum absolute atomic E-state index is 0.0250. The first-order valence-electron chi connectivity index (χ1n) is 7.90. The Labute approximate surface area is 156 Å². The second-order valence-electron chi connectivity index (χ2n) is 5.91. The van der Waals surface area contributed by atoms with Gasteiger partial charge < -0.3 is 10.1 Å². The highest BCUT2D eigenvalue weighted by Crippen LogP contribution is 2.38. The van der Waals surface area contributed by atoms with Crippen LogP contribution in [0.2, 0.25) is 0 Å². The number of nitrogens with one attached hydrogen (secondary N) is 1. The predicted octanol–water partition coefficient (Wildman–Crippen LogP) is 4.71. The first-order valence-corrected chi connectivity index (χ1v) is 9.51. The highest BCUT2D eigenvalue weighted by Gasteiger charge is 2.31. The van der Waals surface area contributed by atoms with Gasteiger partial charge in [0, 0.05) is 31.1 Å². The molecule has 0 saturated carbocycles. The molecule has 0 amide bonds. The average molecular weight is 435 g/mol. The lowest BCUT2D eigenvalue weighted by Crippen LogP contribution is -2.45. The lowest BCUT2D eigenvalue weighted by atomic mass is 10.0. The summed E-state index contributed by atoms with van der Waals surface area (Å²) in [6.45, 7) is 5.62. The predicted molar refractivity (Wildman–Crippen MR) is 96.2 cm³/mol. The third-order valence-corrected chi connectivity index (χ3v) is 6.28. The fraction of sp³-hybridized carbons (Fsp3) is 0.412. The third kappa shape index (κ3) is 4.75. The molecule has 0 bridgehead atoms. The van der Waals surface area contributed by atoms with E-state index < -0.39 is 6.36 Å². The van der Waals surface area contributed by atoms with Crippen molar-refractivity contribution in [3.05, 3.63) is 50.1 Å². The van der Waals surface area contributed by atoms with Crippen LogP contribution in [0.25, 0.3) is 0 Å². The Kier molecular flexibility index (Phi) is 5.72. The van der Waals surface area contributed by atoms with E-state index in [1.807, 2.05) is 6.92 Å². The molecule has 0 spiro atoms. The number of aryl methyl sites for hydroxylation is 1. The van der Waals surface area contributed by atoms with Crippen LogP contribution in [-0.4, -0.2) is 37.4 Å². The zero-order valence-electron chi connectivity index (χ0n) is 13.6. The van der Waals surface area contributed by atoms with E-state index in [2.05, 4.69) is 36.9 Å². The fourth-order valence-electron chi connectivity index (χ4n) is 2.97. The maximum atomic E-state index is 12.4. The molecule has 2 aromatic rings. The number of hydrogen-bond acceptors (Lipinski definition) is 4. The van der Waals surface area contributed by atoms with E-state index in [1.165, 1.54) is 17.0 Å². The summed E-state index contributed by atoms with van der Waals surface area (Å²) in [5.41, 5.74) is 2.13. The Bertz CT molecular complexity index is 692. The summed E-state index contributed by atoms with van der Waals surface area (Å²) in [6, 6.07) is 8.37. The van der Waals surface area contributed by atoms with Gasteiger partial charge in [-0.15, -0.1) is 24.5 Å². The summed E-state index contributed by atoms with van der Waals surface area (Å²) in [6.07, 6.45) is -4.67. The van der Waals surface area contributed by atoms with Crippen molar-refractivity contribution >= 4 is 27.3 Å². The summed E-state index contributed by atoms with van der Waals surface area (Å²) in [7, 11) is 0. The van der Waals surface area contributed by atoms with E-state index in [-0.39, 0.29) is 11.8 Å². The number of benzene rings is 1. The van der Waals surface area contributed by atoms with Crippen molar-refractivity contribution in [2.24, 2.45) is 0 Å². The van der Waals surface area contributed by atoms with Crippen molar-refractivity contribution in [3.8, 4) is 5.75 Å². The van der Waals surface area contributed by atoms with E-state index in [0.29, 0.717) is 0 Å². The van der Waals surface area contributed by atoms with Crippen molar-refractivity contribution in [2.75, 3.05) is 26.2 Å². The molecule has 1 atom stereocenters. The summed E-state index contributed by atoms with van der Waals surface area (Å²) in [5, 5.41) is 3.33. The summed E-state index contributed by atoms with van der Waals surface area (Å²) in [5.74, 6) is -0.196. The number of halogens is 4. The van der Waals surface area contributed by atoms with Gasteiger partial charge in [0.05, 0.1) is 9.83 Å². The topological polar surface area (TPSA) is 24.5 Å². The molecular weight excluding hydrogens is 417 g/mol. The first-order chi connectivity index (χ1) is 11.8. The highest BCUT2D eigenvalue weighted by atomic mass is 79.9. The van der Waals surface area contributed by atoms with Crippen molar-refractivity contribution in [3.63, 3.8) is 0 Å². The molecule has 1 aliphatic heterocycles. The molecule has 1 fully saturated rings. The lowest BCUT2D eigenvalue weighted by Gasteiger charge is -2.34. The van der Waals surface area contributed by atoms with Crippen molar-refractivity contribution in [1.82, 2.24) is 10.2 Å². The molecule has 0 aliphatic carbocycles. The quantitative estimate of drug-likeness (QED) is 0.753. The molecule has 8 heteroatoms. The van der Waals surface area contributed by atoms with Crippen LogP contribution in [0.4, 0.5) is 13.2 Å². The Hall–Kier alpha value is -1.09. The molecule has 25 heavy (non-hydrogen) atoms. The van der Waals surface area contributed by atoms with Gasteiger partial charge in [0.1, 0.15) is 5.75 Å². The first kappa shape index (κ1) is 18.7. The minimum Gasteiger partial charge on any atom is -0.406 e. The van der Waals surface area contributed by atoms with Gasteiger partial charge >= 0.3 is 6.36 Å². The van der Waals surface area contributed by atoms with Gasteiger partial charge in [-0.05, 0) is 52.2 Å². The smallest absolute Gasteiger partial charge is 0.406 e. The van der Waals surface area contributed by atoms with Gasteiger partial charge in [0.2, 0.25) is 0 Å². The number of nitrogens with zero attached hydrogens (tertiary/aromatic N) is 1. The monoisotopic (exact) mass is 434 g/mol. The molecule has 1 N–H and O–H groups in total. The largest absolute Gasteiger partial charge is 0.573 e. The third-order valence-electron chi connectivity index (χ3n) is 4.09. The van der Waals surface area contributed by atoms with Crippen LogP contribution in [0.15, 0.2) is 34.1 Å². The van der Waals surface area contributed by atoms with Crippen LogP contribution in [0.5, 0.6) is 5.75 Å². The molecule has 1 aromatic carbocycles. The van der Waals surface area contributed by atoms with E-state index in [4.69, 9.17) is 0 Å². The molecule has 136 valence electrons. The Balaban J connectivity index is 1.91. The fourth-order valence-corrected chi connectivity index (χ4v) is 4.70. The van der Waals surface area contributed by atoms with E-state index in [9.17, 15) is 13.2 Å². The van der Waals surface area contributed by atoms with Crippen LogP contribution in [0, 0.1) is 6.92 Å². The second-order valence-corrected chi connectivity index (χ2v) is 8.31. The lowest BCUT2D eigenvalue weighted by molar-refractivity contribution is -0.274. The van der Waals surface area contributed by atoms with E-state index in [1.54, 1.807) is 23.5 Å². The molecule has 1 aliphatic rings. The minimum atomic E-state index is -4.67. The van der Waals surface area contributed by atoms with Crippen molar-refractivity contribution in [2.45, 2.75) is 19.3 Å². The molecule has 0 unspecified atom stereocenters. The SMILES string of the molecule is Cc1cc([C@@H](c2ccc(OC(F)(F)F)cc2)N2CCNCC2)sc1Br. The van der Waals surface area contributed by atoms with Crippen molar-refractivity contribution < 1.29 is 17.9 Å². The van der Waals surface area contributed by atoms with Gasteiger partial charge in [-0.3, -0.25) is 4.90 Å². The molecule has 1 aromatic heterocycles. The normalized spacial score (nSPS) is 17.5. The molecule has 2 heterocycles. The zero-order valence-corrected chi connectivity index (χ0v) is 16.0. The summed E-state index contributed by atoms with van der Waals surface area (Å²) < 4.78 is 42.2. The maximum Gasteiger partial charge on any atom is 0.573 e. The average Bonchev–Trinajstić information content (AvgIpc) is 2.88. The van der Waals surface area contributed by atoms with Gasteiger partial charge in [0.15, 0.2) is 0 Å². The number of piperazine rings is 1. The van der Waals surface area contributed by atoms with Crippen LogP contribution in [-0.2, 0) is 0 Å². The molecule has 0 radical (unpaired) electrons. The van der Waals surface area contributed by atoms with E-state index >= 15 is 0 Å². The number of alkyl halides is 3. The summed E-state index contributed by atoms with van der Waals surface area (Å²) in [4.78, 5) is 3.53. The van der Waals surface area contributed by atoms with Crippen LogP contribution < -0.4 is 10.1 Å². The second kappa shape index (κ2) is 7.65. The number of thiophene rings is 1. The summed E-state index contributed by atoms with van der Waals surface area (Å²) >= 11 is 5.24. The molecule has 1 saturated heterocycles. The van der Waals surface area contributed by atoms with E-state index in [0.717, 1.165) is 41.1 Å².